The number of ketones is 1. The number of alkyl halides is 2. The van der Waals surface area contributed by atoms with E-state index in [1.165, 1.54) is 0 Å². The second kappa shape index (κ2) is 5.89. The van der Waals surface area contributed by atoms with Crippen LogP contribution in [0.15, 0.2) is 22.7 Å². The van der Waals surface area contributed by atoms with Crippen LogP contribution in [0, 0.1) is 0 Å². The lowest BCUT2D eigenvalue weighted by Gasteiger charge is -2.07. The van der Waals surface area contributed by atoms with Gasteiger partial charge in [0, 0.05) is 27.7 Å². The van der Waals surface area contributed by atoms with E-state index in [2.05, 4.69) is 31.9 Å². The topological polar surface area (TPSA) is 17.1 Å². The highest BCUT2D eigenvalue weighted by Crippen LogP contribution is 2.23. The van der Waals surface area contributed by atoms with Crippen molar-refractivity contribution in [2.24, 2.45) is 0 Å². The molecule has 0 atom stereocenters. The van der Waals surface area contributed by atoms with Crippen LogP contribution in [-0.2, 0) is 5.88 Å². The second-order valence-electron chi connectivity index (χ2n) is 2.77. The standard InChI is InChI=1S/C10H9Br2ClO/c11-5-4-9(14)10-7(6-13)2-1-3-8(10)12/h1-3H,4-6H2. The van der Waals surface area contributed by atoms with E-state index in [0.29, 0.717) is 23.2 Å². The van der Waals surface area contributed by atoms with Crippen molar-refractivity contribution in [1.29, 1.82) is 0 Å². The van der Waals surface area contributed by atoms with Crippen molar-refractivity contribution in [1.82, 2.24) is 0 Å². The van der Waals surface area contributed by atoms with Crippen LogP contribution >= 0.6 is 43.5 Å². The first-order chi connectivity index (χ1) is 6.70. The highest BCUT2D eigenvalue weighted by molar-refractivity contribution is 9.10. The maximum atomic E-state index is 11.7. The molecule has 0 spiro atoms. The van der Waals surface area contributed by atoms with Gasteiger partial charge in [-0.05, 0) is 11.6 Å². The number of rotatable bonds is 4. The molecule has 1 nitrogen and oxygen atoms in total. The number of carbonyl (C=O) groups is 1. The van der Waals surface area contributed by atoms with E-state index in [4.69, 9.17) is 11.6 Å². The number of halogens is 3. The summed E-state index contributed by atoms with van der Waals surface area (Å²) in [6.07, 6.45) is 0.493. The predicted octanol–water partition coefficient (Wildman–Crippen LogP) is 4.16. The normalized spacial score (nSPS) is 10.2. The van der Waals surface area contributed by atoms with E-state index >= 15 is 0 Å². The molecule has 1 aromatic carbocycles. The van der Waals surface area contributed by atoms with Gasteiger partial charge in [0.25, 0.3) is 0 Å². The fourth-order valence-corrected chi connectivity index (χ4v) is 2.41. The van der Waals surface area contributed by atoms with Gasteiger partial charge in [0.05, 0.1) is 0 Å². The molecule has 0 heterocycles. The Hall–Kier alpha value is 0.140. The summed E-state index contributed by atoms with van der Waals surface area (Å²) in [5.41, 5.74) is 1.59. The first-order valence-corrected chi connectivity index (χ1v) is 6.58. The van der Waals surface area contributed by atoms with Gasteiger partial charge in [0.1, 0.15) is 0 Å². The van der Waals surface area contributed by atoms with E-state index in [1.807, 2.05) is 18.2 Å². The molecule has 4 heteroatoms. The lowest BCUT2D eigenvalue weighted by atomic mass is 10.0. The molecule has 0 N–H and O–H groups in total. The van der Waals surface area contributed by atoms with Gasteiger partial charge in [-0.15, -0.1) is 11.6 Å². The molecule has 0 aromatic heterocycles. The van der Waals surface area contributed by atoms with Crippen molar-refractivity contribution < 1.29 is 4.79 Å². The van der Waals surface area contributed by atoms with E-state index in [9.17, 15) is 4.79 Å². The third-order valence-corrected chi connectivity index (χ3v) is 3.19. The zero-order valence-electron chi connectivity index (χ0n) is 7.40. The van der Waals surface area contributed by atoms with E-state index in [0.717, 1.165) is 10.0 Å². The number of hydrogen-bond acceptors (Lipinski definition) is 1. The largest absolute Gasteiger partial charge is 0.294 e. The molecule has 0 unspecified atom stereocenters. The van der Waals surface area contributed by atoms with Crippen LogP contribution in [0.25, 0.3) is 0 Å². The Morgan fingerprint density at radius 2 is 2.14 bits per heavy atom. The molecule has 0 amide bonds. The molecule has 0 aliphatic heterocycles. The van der Waals surface area contributed by atoms with Crippen molar-refractivity contribution in [2.45, 2.75) is 12.3 Å². The lowest BCUT2D eigenvalue weighted by Crippen LogP contribution is -2.04. The molecule has 76 valence electrons. The number of carbonyl (C=O) groups excluding carboxylic acids is 1. The van der Waals surface area contributed by atoms with Gasteiger partial charge in [-0.3, -0.25) is 4.79 Å². The maximum absolute atomic E-state index is 11.7. The molecular weight excluding hydrogens is 331 g/mol. The van der Waals surface area contributed by atoms with Crippen LogP contribution in [0.5, 0.6) is 0 Å². The maximum Gasteiger partial charge on any atom is 0.165 e. The summed E-state index contributed by atoms with van der Waals surface area (Å²) in [6.45, 7) is 0. The summed E-state index contributed by atoms with van der Waals surface area (Å²) >= 11 is 12.4. The zero-order valence-corrected chi connectivity index (χ0v) is 11.3. The third-order valence-electron chi connectivity index (χ3n) is 1.84. The summed E-state index contributed by atoms with van der Waals surface area (Å²) < 4.78 is 0.821. The number of benzene rings is 1. The lowest BCUT2D eigenvalue weighted by molar-refractivity contribution is 0.0988. The molecule has 0 saturated heterocycles. The van der Waals surface area contributed by atoms with Gasteiger partial charge in [0.2, 0.25) is 0 Å². The molecule has 0 fully saturated rings. The van der Waals surface area contributed by atoms with Crippen LogP contribution in [0.3, 0.4) is 0 Å². The van der Waals surface area contributed by atoms with Gasteiger partial charge < -0.3 is 0 Å². The van der Waals surface area contributed by atoms with Crippen molar-refractivity contribution in [3.8, 4) is 0 Å². The average molecular weight is 340 g/mol. The smallest absolute Gasteiger partial charge is 0.165 e. The van der Waals surface area contributed by atoms with Gasteiger partial charge in [-0.2, -0.15) is 0 Å². The molecule has 1 aromatic rings. The van der Waals surface area contributed by atoms with Crippen LogP contribution < -0.4 is 0 Å². The summed E-state index contributed by atoms with van der Waals surface area (Å²) in [5.74, 6) is 0.480. The van der Waals surface area contributed by atoms with E-state index in [1.54, 1.807) is 0 Å². The first kappa shape index (κ1) is 12.2. The number of hydrogen-bond donors (Lipinski definition) is 0. The molecule has 0 saturated carbocycles. The SMILES string of the molecule is O=C(CCBr)c1c(Br)cccc1CCl. The zero-order chi connectivity index (χ0) is 10.6. The Balaban J connectivity index is 3.10. The minimum absolute atomic E-state index is 0.116. The number of Topliss-reactive ketones (excluding diaryl/α,β-unsaturated/α-hetero) is 1. The Bertz CT molecular complexity index is 339. The Kier molecular flexibility index (Phi) is 5.13. The van der Waals surface area contributed by atoms with Gasteiger partial charge in [-0.25, -0.2) is 0 Å². The predicted molar refractivity (Wildman–Crippen MR) is 66.4 cm³/mol. The van der Waals surface area contributed by atoms with Crippen LogP contribution in [-0.4, -0.2) is 11.1 Å². The molecule has 0 bridgehead atoms. The minimum Gasteiger partial charge on any atom is -0.294 e. The Morgan fingerprint density at radius 1 is 1.43 bits per heavy atom. The van der Waals surface area contributed by atoms with Crippen molar-refractivity contribution >= 4 is 49.2 Å². The molecular formula is C10H9Br2ClO. The average Bonchev–Trinajstić information content (AvgIpc) is 2.17. The molecule has 1 rings (SSSR count). The van der Waals surface area contributed by atoms with Crippen molar-refractivity contribution in [3.05, 3.63) is 33.8 Å². The van der Waals surface area contributed by atoms with Gasteiger partial charge in [-0.1, -0.05) is 44.0 Å². The quantitative estimate of drug-likeness (QED) is 0.594. The van der Waals surface area contributed by atoms with Crippen molar-refractivity contribution in [3.63, 3.8) is 0 Å². The summed E-state index contributed by atoms with van der Waals surface area (Å²) in [5, 5.41) is 0.675. The van der Waals surface area contributed by atoms with Gasteiger partial charge in [0.15, 0.2) is 5.78 Å². The molecule has 0 aliphatic rings. The van der Waals surface area contributed by atoms with Crippen LogP contribution in [0.4, 0.5) is 0 Å². The Morgan fingerprint density at radius 3 is 2.71 bits per heavy atom. The van der Waals surface area contributed by atoms with Crippen molar-refractivity contribution in [2.75, 3.05) is 5.33 Å². The molecule has 14 heavy (non-hydrogen) atoms. The summed E-state index contributed by atoms with van der Waals surface area (Å²) in [6, 6.07) is 5.61. The Labute approximate surface area is 105 Å². The highest BCUT2D eigenvalue weighted by Gasteiger charge is 2.13. The minimum atomic E-state index is 0.116. The fraction of sp³-hybridized carbons (Fsp3) is 0.300. The van der Waals surface area contributed by atoms with Gasteiger partial charge >= 0.3 is 0 Å². The van der Waals surface area contributed by atoms with Crippen LogP contribution in [0.1, 0.15) is 22.3 Å². The molecule has 0 aliphatic carbocycles. The fourth-order valence-electron chi connectivity index (χ4n) is 1.20. The molecule has 0 radical (unpaired) electrons. The van der Waals surface area contributed by atoms with E-state index < -0.39 is 0 Å². The summed E-state index contributed by atoms with van der Waals surface area (Å²) in [7, 11) is 0. The van der Waals surface area contributed by atoms with Crippen LogP contribution in [0.2, 0.25) is 0 Å². The summed E-state index contributed by atoms with van der Waals surface area (Å²) in [4.78, 5) is 11.7. The second-order valence-corrected chi connectivity index (χ2v) is 4.68. The third kappa shape index (κ3) is 2.81. The van der Waals surface area contributed by atoms with E-state index in [-0.39, 0.29) is 5.78 Å². The first-order valence-electron chi connectivity index (χ1n) is 4.13. The monoisotopic (exact) mass is 338 g/mol. The highest BCUT2D eigenvalue weighted by atomic mass is 79.9.